The average Bonchev–Trinajstić information content (AvgIpc) is 2.53. The topological polar surface area (TPSA) is 27.8 Å². The molecule has 80 valence electrons. The van der Waals surface area contributed by atoms with Gasteiger partial charge in [0.2, 0.25) is 0 Å². The summed E-state index contributed by atoms with van der Waals surface area (Å²) in [6.45, 7) is 0.779. The number of aromatic nitrogens is 1. The number of fused-ring (bicyclic) bond motifs is 1. The van der Waals surface area contributed by atoms with E-state index in [-0.39, 0.29) is 5.82 Å². The Kier molecular flexibility index (Phi) is 2.93. The lowest BCUT2D eigenvalue weighted by Gasteiger charge is -2.00. The first kappa shape index (κ1) is 10.5. The number of halogens is 2. The Bertz CT molecular complexity index is 479. The minimum atomic E-state index is -0.221. The summed E-state index contributed by atoms with van der Waals surface area (Å²) in [5.41, 5.74) is 1.60. The van der Waals surface area contributed by atoms with Gasteiger partial charge in [-0.15, -0.1) is 0 Å². The van der Waals surface area contributed by atoms with Crippen LogP contribution in [0.5, 0.6) is 0 Å². The molecule has 4 heteroatoms. The molecule has 2 N–H and O–H groups in total. The van der Waals surface area contributed by atoms with Crippen LogP contribution in [0.2, 0.25) is 5.15 Å². The number of H-pyrrole nitrogens is 1. The van der Waals surface area contributed by atoms with Gasteiger partial charge >= 0.3 is 0 Å². The Morgan fingerprint density at radius 1 is 1.47 bits per heavy atom. The molecule has 2 aromatic rings. The van der Waals surface area contributed by atoms with E-state index in [2.05, 4.69) is 10.3 Å². The van der Waals surface area contributed by atoms with Crippen molar-refractivity contribution in [1.29, 1.82) is 0 Å². The van der Waals surface area contributed by atoms with Crippen molar-refractivity contribution < 1.29 is 4.39 Å². The van der Waals surface area contributed by atoms with Crippen LogP contribution in [0, 0.1) is 5.82 Å². The maximum Gasteiger partial charge on any atom is 0.132 e. The zero-order valence-corrected chi connectivity index (χ0v) is 9.16. The Hall–Kier alpha value is -1.06. The summed E-state index contributed by atoms with van der Waals surface area (Å²) in [5, 5.41) is 4.16. The van der Waals surface area contributed by atoms with Crippen LogP contribution < -0.4 is 5.32 Å². The molecular weight excluding hydrogens is 215 g/mol. The van der Waals surface area contributed by atoms with Gasteiger partial charge in [0.15, 0.2) is 0 Å². The normalized spacial score (nSPS) is 11.1. The molecule has 0 unspecified atom stereocenters. The van der Waals surface area contributed by atoms with Crippen molar-refractivity contribution in [2.45, 2.75) is 6.42 Å². The van der Waals surface area contributed by atoms with Crippen LogP contribution in [-0.4, -0.2) is 18.6 Å². The molecule has 0 aliphatic carbocycles. The van der Waals surface area contributed by atoms with Crippen LogP contribution in [0.25, 0.3) is 10.9 Å². The van der Waals surface area contributed by atoms with E-state index in [0.717, 1.165) is 24.0 Å². The second kappa shape index (κ2) is 4.21. The monoisotopic (exact) mass is 226 g/mol. The van der Waals surface area contributed by atoms with Crippen LogP contribution in [-0.2, 0) is 6.42 Å². The van der Waals surface area contributed by atoms with Gasteiger partial charge in [0.25, 0.3) is 0 Å². The number of hydrogen-bond acceptors (Lipinski definition) is 1. The summed E-state index contributed by atoms with van der Waals surface area (Å²) < 4.78 is 13.6. The van der Waals surface area contributed by atoms with Gasteiger partial charge < -0.3 is 10.3 Å². The number of nitrogens with one attached hydrogen (secondary N) is 2. The maximum absolute atomic E-state index is 13.6. The second-order valence-electron chi connectivity index (χ2n) is 3.43. The molecule has 1 aromatic heterocycles. The van der Waals surface area contributed by atoms with Crippen molar-refractivity contribution in [1.82, 2.24) is 10.3 Å². The number of benzene rings is 1. The highest BCUT2D eigenvalue weighted by molar-refractivity contribution is 6.31. The van der Waals surface area contributed by atoms with Gasteiger partial charge in [-0.1, -0.05) is 17.7 Å². The summed E-state index contributed by atoms with van der Waals surface area (Å²) in [5.74, 6) is -0.221. The van der Waals surface area contributed by atoms with Gasteiger partial charge in [-0.2, -0.15) is 0 Å². The van der Waals surface area contributed by atoms with Gasteiger partial charge in [-0.05, 0) is 32.1 Å². The molecular formula is C11H12ClFN2. The third-order valence-electron chi connectivity index (χ3n) is 2.45. The molecule has 0 aliphatic rings. The predicted octanol–water partition coefficient (Wildman–Crippen LogP) is 2.72. The summed E-state index contributed by atoms with van der Waals surface area (Å²) >= 11 is 6.03. The van der Waals surface area contributed by atoms with Crippen molar-refractivity contribution in [3.05, 3.63) is 34.7 Å². The first-order chi connectivity index (χ1) is 7.24. The van der Waals surface area contributed by atoms with Gasteiger partial charge in [0.1, 0.15) is 11.0 Å². The van der Waals surface area contributed by atoms with E-state index in [9.17, 15) is 4.39 Å². The standard InChI is InChI=1S/C11H12ClFN2/c1-14-6-5-7-10-8(13)3-2-4-9(10)15-11(7)12/h2-4,14-15H,5-6H2,1H3. The van der Waals surface area contributed by atoms with E-state index >= 15 is 0 Å². The molecule has 0 radical (unpaired) electrons. The highest BCUT2D eigenvalue weighted by Gasteiger charge is 2.12. The Morgan fingerprint density at radius 2 is 2.27 bits per heavy atom. The molecule has 2 nitrogen and oxygen atoms in total. The quantitative estimate of drug-likeness (QED) is 0.828. The van der Waals surface area contributed by atoms with Crippen LogP contribution in [0.15, 0.2) is 18.2 Å². The fourth-order valence-corrected chi connectivity index (χ4v) is 2.01. The molecule has 15 heavy (non-hydrogen) atoms. The van der Waals surface area contributed by atoms with E-state index in [1.807, 2.05) is 13.1 Å². The second-order valence-corrected chi connectivity index (χ2v) is 3.81. The highest BCUT2D eigenvalue weighted by atomic mass is 35.5. The van der Waals surface area contributed by atoms with Crippen molar-refractivity contribution in [2.75, 3.05) is 13.6 Å². The van der Waals surface area contributed by atoms with Crippen molar-refractivity contribution in [3.63, 3.8) is 0 Å². The lowest BCUT2D eigenvalue weighted by molar-refractivity contribution is 0.638. The third kappa shape index (κ3) is 1.85. The van der Waals surface area contributed by atoms with Crippen LogP contribution in [0.1, 0.15) is 5.56 Å². The smallest absolute Gasteiger partial charge is 0.132 e. The Labute approximate surface area is 92.4 Å². The third-order valence-corrected chi connectivity index (χ3v) is 2.77. The number of likely N-dealkylation sites (N-methyl/N-ethyl adjacent to an activating group) is 1. The fraction of sp³-hybridized carbons (Fsp3) is 0.273. The minimum absolute atomic E-state index is 0.221. The first-order valence-corrected chi connectivity index (χ1v) is 5.21. The summed E-state index contributed by atoms with van der Waals surface area (Å²) in [4.78, 5) is 2.97. The molecule has 0 aliphatic heterocycles. The number of rotatable bonds is 3. The molecule has 1 heterocycles. The van der Waals surface area contributed by atoms with E-state index < -0.39 is 0 Å². The van der Waals surface area contributed by atoms with Crippen molar-refractivity contribution >= 4 is 22.5 Å². The zero-order valence-electron chi connectivity index (χ0n) is 8.40. The van der Waals surface area contributed by atoms with Crippen LogP contribution in [0.3, 0.4) is 0 Å². The predicted molar refractivity (Wildman–Crippen MR) is 60.9 cm³/mol. The molecule has 2 rings (SSSR count). The summed E-state index contributed by atoms with van der Waals surface area (Å²) in [7, 11) is 1.86. The first-order valence-electron chi connectivity index (χ1n) is 4.83. The lowest BCUT2D eigenvalue weighted by Crippen LogP contribution is -2.10. The summed E-state index contributed by atoms with van der Waals surface area (Å²) in [6.07, 6.45) is 0.719. The van der Waals surface area contributed by atoms with E-state index in [4.69, 9.17) is 11.6 Å². The molecule has 0 saturated carbocycles. The SMILES string of the molecule is CNCCc1c(Cl)[nH]c2cccc(F)c12. The molecule has 0 amide bonds. The van der Waals surface area contributed by atoms with Crippen LogP contribution in [0.4, 0.5) is 4.39 Å². The molecule has 0 atom stereocenters. The van der Waals surface area contributed by atoms with Gasteiger partial charge in [-0.25, -0.2) is 4.39 Å². The Morgan fingerprint density at radius 3 is 3.00 bits per heavy atom. The van der Waals surface area contributed by atoms with Gasteiger partial charge in [0, 0.05) is 16.5 Å². The van der Waals surface area contributed by atoms with Crippen molar-refractivity contribution in [2.24, 2.45) is 0 Å². The average molecular weight is 227 g/mol. The molecule has 0 fully saturated rings. The number of aromatic amines is 1. The molecule has 0 bridgehead atoms. The fourth-order valence-electron chi connectivity index (χ4n) is 1.72. The summed E-state index contributed by atoms with van der Waals surface area (Å²) in [6, 6.07) is 4.95. The highest BCUT2D eigenvalue weighted by Crippen LogP contribution is 2.28. The van der Waals surface area contributed by atoms with Gasteiger partial charge in [-0.3, -0.25) is 0 Å². The zero-order chi connectivity index (χ0) is 10.8. The Balaban J connectivity index is 2.55. The molecule has 1 aromatic carbocycles. The maximum atomic E-state index is 13.6. The van der Waals surface area contributed by atoms with E-state index in [1.165, 1.54) is 6.07 Å². The molecule has 0 spiro atoms. The minimum Gasteiger partial charge on any atom is -0.345 e. The van der Waals surface area contributed by atoms with Crippen molar-refractivity contribution in [3.8, 4) is 0 Å². The molecule has 0 saturated heterocycles. The lowest BCUT2D eigenvalue weighted by atomic mass is 10.1. The van der Waals surface area contributed by atoms with Crippen LogP contribution >= 0.6 is 11.6 Å². The van der Waals surface area contributed by atoms with E-state index in [0.29, 0.717) is 10.5 Å². The van der Waals surface area contributed by atoms with E-state index in [1.54, 1.807) is 6.07 Å². The largest absolute Gasteiger partial charge is 0.345 e. The number of hydrogen-bond donors (Lipinski definition) is 2. The van der Waals surface area contributed by atoms with Gasteiger partial charge in [0.05, 0.1) is 0 Å².